The molecular formula is C38H40ClN5O4. The number of hydrogen-bond donors (Lipinski definition) is 0. The zero-order valence-electron chi connectivity index (χ0n) is 27.2. The topological polar surface area (TPSA) is 79.6 Å². The van der Waals surface area contributed by atoms with Crippen molar-refractivity contribution >= 4 is 40.9 Å². The van der Waals surface area contributed by atoms with Crippen LogP contribution in [0.3, 0.4) is 0 Å². The van der Waals surface area contributed by atoms with Crippen molar-refractivity contribution in [3.63, 3.8) is 0 Å². The summed E-state index contributed by atoms with van der Waals surface area (Å²) in [5.74, 6) is 5.24. The molecule has 3 aliphatic rings. The second-order valence-electron chi connectivity index (χ2n) is 12.6. The largest absolute Gasteiger partial charge is 0.493 e. The summed E-state index contributed by atoms with van der Waals surface area (Å²) >= 11 is 6.13. The summed E-state index contributed by atoms with van der Waals surface area (Å²) in [6, 6.07) is 17.7. The summed E-state index contributed by atoms with van der Waals surface area (Å²) in [4.78, 5) is 36.6. The zero-order chi connectivity index (χ0) is 33.0. The Balaban J connectivity index is 0.901. The summed E-state index contributed by atoms with van der Waals surface area (Å²) < 4.78 is 13.8. The van der Waals surface area contributed by atoms with Gasteiger partial charge in [-0.15, -0.1) is 0 Å². The number of nitrogens with zero attached hydrogens (tertiary/aromatic N) is 5. The minimum Gasteiger partial charge on any atom is -0.493 e. The first-order valence-corrected chi connectivity index (χ1v) is 17.2. The number of amides is 1. The Morgan fingerprint density at radius 1 is 1.00 bits per heavy atom. The fourth-order valence-electron chi connectivity index (χ4n) is 7.04. The number of pyridine rings is 1. The van der Waals surface area contributed by atoms with E-state index in [9.17, 15) is 9.59 Å². The Morgan fingerprint density at radius 3 is 2.69 bits per heavy atom. The highest BCUT2D eigenvalue weighted by Crippen LogP contribution is 2.36. The van der Waals surface area contributed by atoms with Gasteiger partial charge >= 0.3 is 0 Å². The fraction of sp³-hybridized carbons (Fsp3) is 0.368. The molecule has 0 spiro atoms. The van der Waals surface area contributed by atoms with E-state index in [4.69, 9.17) is 26.1 Å². The summed E-state index contributed by atoms with van der Waals surface area (Å²) in [6.07, 6.45) is 12.2. The molecule has 248 valence electrons. The second-order valence-corrected chi connectivity index (χ2v) is 13.0. The molecule has 3 aliphatic heterocycles. The molecule has 0 N–H and O–H groups in total. The van der Waals surface area contributed by atoms with Gasteiger partial charge in [-0.3, -0.25) is 9.20 Å². The maximum Gasteiger partial charge on any atom is 0.255 e. The lowest BCUT2D eigenvalue weighted by atomic mass is 10.0. The van der Waals surface area contributed by atoms with Crippen LogP contribution in [0.25, 0.3) is 23.0 Å². The van der Waals surface area contributed by atoms with Gasteiger partial charge in [0.25, 0.3) is 5.91 Å². The number of methoxy groups -OCH3 is 1. The summed E-state index contributed by atoms with van der Waals surface area (Å²) in [6.45, 7) is 4.16. The van der Waals surface area contributed by atoms with Gasteiger partial charge in [0.2, 0.25) is 0 Å². The predicted molar refractivity (Wildman–Crippen MR) is 189 cm³/mol. The van der Waals surface area contributed by atoms with Gasteiger partial charge in [-0.1, -0.05) is 42.7 Å². The predicted octanol–water partition coefficient (Wildman–Crippen LogP) is 6.77. The number of carbonyl (C=O) groups excluding carboxylic acids is 2. The van der Waals surface area contributed by atoms with Gasteiger partial charge in [-0.05, 0) is 79.8 Å². The minimum absolute atomic E-state index is 0.0646. The van der Waals surface area contributed by atoms with Crippen molar-refractivity contribution < 1.29 is 19.1 Å². The van der Waals surface area contributed by atoms with Crippen molar-refractivity contribution in [3.05, 3.63) is 88.7 Å². The number of anilines is 1. The Morgan fingerprint density at radius 2 is 1.85 bits per heavy atom. The van der Waals surface area contributed by atoms with E-state index < -0.39 is 0 Å². The molecule has 0 aliphatic carbocycles. The van der Waals surface area contributed by atoms with Gasteiger partial charge in [0.15, 0.2) is 17.3 Å². The van der Waals surface area contributed by atoms with E-state index in [1.807, 2.05) is 65.7 Å². The highest BCUT2D eigenvalue weighted by atomic mass is 35.5. The van der Waals surface area contributed by atoms with Crippen molar-refractivity contribution in [3.8, 4) is 22.9 Å². The number of piperazine rings is 1. The van der Waals surface area contributed by atoms with Crippen molar-refractivity contribution in [2.45, 2.75) is 44.6 Å². The third-order valence-corrected chi connectivity index (χ3v) is 9.87. The van der Waals surface area contributed by atoms with Crippen LogP contribution in [0.5, 0.6) is 11.5 Å². The molecule has 2 aromatic heterocycles. The molecule has 5 heterocycles. The minimum atomic E-state index is 0.0646. The Bertz CT molecular complexity index is 1880. The van der Waals surface area contributed by atoms with E-state index in [1.54, 1.807) is 7.11 Å². The fourth-order valence-corrected chi connectivity index (χ4v) is 7.17. The number of aromatic nitrogens is 2. The molecule has 9 nitrogen and oxygen atoms in total. The molecule has 0 unspecified atom stereocenters. The van der Waals surface area contributed by atoms with Gasteiger partial charge in [-0.2, -0.15) is 0 Å². The van der Waals surface area contributed by atoms with Crippen molar-refractivity contribution in [2.75, 3.05) is 51.3 Å². The third-order valence-electron chi connectivity index (χ3n) is 9.62. The van der Waals surface area contributed by atoms with E-state index >= 15 is 0 Å². The van der Waals surface area contributed by atoms with Crippen LogP contribution in [0.4, 0.5) is 5.82 Å². The number of rotatable bonds is 11. The lowest BCUT2D eigenvalue weighted by Crippen LogP contribution is -2.45. The molecular weight excluding hydrogens is 626 g/mol. The molecule has 0 saturated carbocycles. The summed E-state index contributed by atoms with van der Waals surface area (Å²) in [5, 5.41) is 0.684. The van der Waals surface area contributed by atoms with Crippen molar-refractivity contribution in [1.29, 1.82) is 0 Å². The van der Waals surface area contributed by atoms with Gasteiger partial charge in [0.05, 0.1) is 37.4 Å². The smallest absolute Gasteiger partial charge is 0.255 e. The number of imidazole rings is 1. The molecule has 0 radical (unpaired) electrons. The van der Waals surface area contributed by atoms with Crippen LogP contribution in [-0.2, 0) is 4.79 Å². The van der Waals surface area contributed by atoms with Gasteiger partial charge in [0.1, 0.15) is 17.5 Å². The standard InChI is InChI=1S/C38H40ClN5O4/c1-47-34-24-32-28(13-16-30-9-8-19-43(30)38(32)46)23-35(34)48-22-7-3-2-5-17-41-20-21-42(25-31(41)26-45)37-33-10-4-6-18-44(33)36(40-37)27-11-14-29(39)15-12-27/h4,6,10-16,18,23-24,30H,2-3,5,7-9,17,19-22,25H2,1H3/t30-/m0/s1. The van der Waals surface area contributed by atoms with E-state index in [-0.39, 0.29) is 11.9 Å². The number of hydrogen-bond acceptors (Lipinski definition) is 7. The van der Waals surface area contributed by atoms with E-state index in [1.165, 1.54) is 0 Å². The average molecular weight is 666 g/mol. The first-order chi connectivity index (χ1) is 23.5. The second kappa shape index (κ2) is 14.2. The molecule has 2 saturated heterocycles. The number of unbranched alkanes of at least 4 members (excludes halogenated alkanes) is 3. The third kappa shape index (κ3) is 6.40. The molecule has 1 atom stereocenters. The van der Waals surface area contributed by atoms with E-state index in [0.717, 1.165) is 93.0 Å². The van der Waals surface area contributed by atoms with E-state index in [2.05, 4.69) is 32.3 Å². The van der Waals surface area contributed by atoms with Crippen LogP contribution < -0.4 is 14.4 Å². The summed E-state index contributed by atoms with van der Waals surface area (Å²) in [7, 11) is 1.61. The first kappa shape index (κ1) is 31.9. The Labute approximate surface area is 286 Å². The van der Waals surface area contributed by atoms with Crippen molar-refractivity contribution in [1.82, 2.24) is 19.2 Å². The van der Waals surface area contributed by atoms with Crippen LogP contribution in [0.2, 0.25) is 5.02 Å². The van der Waals surface area contributed by atoms with Gasteiger partial charge in [-0.25, -0.2) is 9.78 Å². The Kier molecular flexibility index (Phi) is 9.41. The number of ether oxygens (including phenoxy) is 2. The SMILES string of the molecule is COc1cc2c(cc1OCCCCCCN1CCN(c3nc(-c4ccc(Cl)cc4)n4ccccc34)CC1=C=O)C=C[C@@H]1CCCN1C2=O. The molecule has 1 amide bonds. The van der Waals surface area contributed by atoms with Gasteiger partial charge < -0.3 is 24.2 Å². The van der Waals surface area contributed by atoms with Crippen LogP contribution in [0, 0.1) is 0 Å². The lowest BCUT2D eigenvalue weighted by Gasteiger charge is -2.36. The van der Waals surface area contributed by atoms with E-state index in [0.29, 0.717) is 40.9 Å². The maximum atomic E-state index is 13.2. The van der Waals surface area contributed by atoms with Crippen LogP contribution in [-0.4, -0.2) is 83.5 Å². The van der Waals surface area contributed by atoms with Crippen LogP contribution in [0.15, 0.2) is 72.6 Å². The van der Waals surface area contributed by atoms with Crippen LogP contribution in [0.1, 0.15) is 54.4 Å². The summed E-state index contributed by atoms with van der Waals surface area (Å²) in [5.41, 5.74) is 4.20. The monoisotopic (exact) mass is 665 g/mol. The van der Waals surface area contributed by atoms with Crippen molar-refractivity contribution in [2.24, 2.45) is 0 Å². The maximum absolute atomic E-state index is 13.2. The zero-order valence-corrected chi connectivity index (χ0v) is 28.0. The number of halogens is 1. The number of carbonyl (C=O) groups is 1. The normalized spacial score (nSPS) is 17.4. The van der Waals surface area contributed by atoms with Gasteiger partial charge in [0, 0.05) is 43.0 Å². The highest BCUT2D eigenvalue weighted by molar-refractivity contribution is 6.30. The number of benzene rings is 2. The molecule has 4 aromatic rings. The molecule has 48 heavy (non-hydrogen) atoms. The highest BCUT2D eigenvalue weighted by Gasteiger charge is 2.32. The molecule has 0 bridgehead atoms. The first-order valence-electron chi connectivity index (χ1n) is 16.8. The lowest BCUT2D eigenvalue weighted by molar-refractivity contribution is 0.0763. The molecule has 2 fully saturated rings. The average Bonchev–Trinajstić information content (AvgIpc) is 3.73. The molecule has 10 heteroatoms. The molecule has 2 aromatic carbocycles. The molecule has 7 rings (SSSR count). The Hall–Kier alpha value is -4.72. The quantitative estimate of drug-likeness (QED) is 0.129. The number of fused-ring (bicyclic) bond motifs is 3. The van der Waals surface area contributed by atoms with Crippen LogP contribution >= 0.6 is 11.6 Å².